The summed E-state index contributed by atoms with van der Waals surface area (Å²) < 4.78 is 25.4. The molecule has 2 aromatic carbocycles. The lowest BCUT2D eigenvalue weighted by atomic mass is 10.1. The Kier molecular flexibility index (Phi) is 5.38. The summed E-state index contributed by atoms with van der Waals surface area (Å²) in [7, 11) is -3.40. The second-order valence-corrected chi connectivity index (χ2v) is 8.65. The topological polar surface area (TPSA) is 78.2 Å². The van der Waals surface area contributed by atoms with Crippen LogP contribution in [0, 0.1) is 11.3 Å². The summed E-state index contributed by atoms with van der Waals surface area (Å²) in [4.78, 5) is 14.4. The summed E-state index contributed by atoms with van der Waals surface area (Å²) in [5.41, 5.74) is 1.58. The largest absolute Gasteiger partial charge is 0.341 e. The van der Waals surface area contributed by atoms with Crippen molar-refractivity contribution in [3.05, 3.63) is 65.7 Å². The van der Waals surface area contributed by atoms with Crippen LogP contribution in [0.4, 0.5) is 0 Å². The van der Waals surface area contributed by atoms with E-state index in [9.17, 15) is 13.2 Å². The van der Waals surface area contributed by atoms with Gasteiger partial charge < -0.3 is 4.90 Å². The fourth-order valence-corrected chi connectivity index (χ4v) is 4.88. The molecule has 1 atom stereocenters. The summed E-state index contributed by atoms with van der Waals surface area (Å²) in [5, 5.41) is 8.26. The predicted molar refractivity (Wildman–Crippen MR) is 98.1 cm³/mol. The fourth-order valence-electron chi connectivity index (χ4n) is 3.17. The van der Waals surface area contributed by atoms with Crippen LogP contribution in [-0.4, -0.2) is 37.6 Å². The Bertz CT molecular complexity index is 916. The average Bonchev–Trinajstić information content (AvgIpc) is 3.18. The highest BCUT2D eigenvalue weighted by Gasteiger charge is 2.35. The molecule has 6 heteroatoms. The molecule has 1 saturated heterocycles. The molecule has 26 heavy (non-hydrogen) atoms. The van der Waals surface area contributed by atoms with E-state index in [1.54, 1.807) is 47.4 Å². The number of carbonyl (C=O) groups is 1. The van der Waals surface area contributed by atoms with Gasteiger partial charge in [0.25, 0.3) is 0 Å². The highest BCUT2D eigenvalue weighted by molar-refractivity contribution is 7.92. The number of nitriles is 1. The van der Waals surface area contributed by atoms with Gasteiger partial charge in [0.15, 0.2) is 9.84 Å². The molecule has 1 amide bonds. The van der Waals surface area contributed by atoms with Gasteiger partial charge in [0, 0.05) is 19.5 Å². The third-order valence-electron chi connectivity index (χ3n) is 4.72. The lowest BCUT2D eigenvalue weighted by Gasteiger charge is -2.17. The number of benzene rings is 2. The third kappa shape index (κ3) is 3.94. The Morgan fingerprint density at radius 1 is 1.12 bits per heavy atom. The molecule has 0 spiro atoms. The summed E-state index contributed by atoms with van der Waals surface area (Å²) in [6, 6.07) is 17.6. The predicted octanol–water partition coefficient (Wildman–Crippen LogP) is 2.57. The minimum Gasteiger partial charge on any atom is -0.341 e. The lowest BCUT2D eigenvalue weighted by molar-refractivity contribution is -0.130. The lowest BCUT2D eigenvalue weighted by Crippen LogP contribution is -2.32. The van der Waals surface area contributed by atoms with Gasteiger partial charge in [-0.3, -0.25) is 4.79 Å². The van der Waals surface area contributed by atoms with Crippen LogP contribution in [0.25, 0.3) is 0 Å². The highest BCUT2D eigenvalue weighted by Crippen LogP contribution is 2.24. The number of nitrogens with zero attached hydrogens (tertiary/aromatic N) is 2. The summed E-state index contributed by atoms with van der Waals surface area (Å²) in [6.07, 6.45) is 1.39. The van der Waals surface area contributed by atoms with E-state index in [1.165, 1.54) is 0 Å². The van der Waals surface area contributed by atoms with Crippen LogP contribution in [-0.2, 0) is 21.1 Å². The molecule has 0 saturated carbocycles. The fraction of sp³-hybridized carbons (Fsp3) is 0.300. The van der Waals surface area contributed by atoms with Crippen LogP contribution in [0.2, 0.25) is 0 Å². The number of aryl methyl sites for hydroxylation is 1. The van der Waals surface area contributed by atoms with Gasteiger partial charge in [-0.15, -0.1) is 0 Å². The summed E-state index contributed by atoms with van der Waals surface area (Å²) >= 11 is 0. The first-order valence-electron chi connectivity index (χ1n) is 8.56. The van der Waals surface area contributed by atoms with Crippen LogP contribution in [0.1, 0.15) is 24.0 Å². The number of carbonyl (C=O) groups excluding carboxylic acids is 1. The van der Waals surface area contributed by atoms with Crippen molar-refractivity contribution >= 4 is 15.7 Å². The van der Waals surface area contributed by atoms with Gasteiger partial charge in [-0.25, -0.2) is 8.42 Å². The number of hydrogen-bond acceptors (Lipinski definition) is 4. The molecule has 1 unspecified atom stereocenters. The van der Waals surface area contributed by atoms with Crippen LogP contribution < -0.4 is 0 Å². The van der Waals surface area contributed by atoms with Crippen molar-refractivity contribution in [2.75, 3.05) is 13.1 Å². The molecule has 1 aliphatic heterocycles. The molecule has 0 bridgehead atoms. The molecule has 0 aliphatic carbocycles. The van der Waals surface area contributed by atoms with Crippen molar-refractivity contribution in [1.29, 1.82) is 5.26 Å². The zero-order valence-electron chi connectivity index (χ0n) is 14.3. The average molecular weight is 368 g/mol. The van der Waals surface area contributed by atoms with E-state index >= 15 is 0 Å². The van der Waals surface area contributed by atoms with E-state index in [2.05, 4.69) is 6.07 Å². The van der Waals surface area contributed by atoms with E-state index in [1.807, 2.05) is 12.1 Å². The first-order chi connectivity index (χ1) is 12.5. The zero-order chi connectivity index (χ0) is 18.6. The maximum atomic E-state index is 12.7. The number of hydrogen-bond donors (Lipinski definition) is 0. The van der Waals surface area contributed by atoms with Crippen LogP contribution in [0.5, 0.6) is 0 Å². The van der Waals surface area contributed by atoms with Crippen molar-refractivity contribution in [1.82, 2.24) is 4.90 Å². The van der Waals surface area contributed by atoms with E-state index in [-0.39, 0.29) is 12.5 Å². The second kappa shape index (κ2) is 7.71. The molecular weight excluding hydrogens is 348 g/mol. The number of likely N-dealkylation sites (tertiary alicyclic amines) is 1. The van der Waals surface area contributed by atoms with E-state index in [4.69, 9.17) is 5.26 Å². The van der Waals surface area contributed by atoms with Gasteiger partial charge in [-0.1, -0.05) is 30.3 Å². The molecule has 1 fully saturated rings. The zero-order valence-corrected chi connectivity index (χ0v) is 15.2. The molecule has 134 valence electrons. The molecule has 1 heterocycles. The molecule has 2 aromatic rings. The Labute approximate surface area is 153 Å². The van der Waals surface area contributed by atoms with Gasteiger partial charge in [-0.2, -0.15) is 5.26 Å². The Hall–Kier alpha value is -2.65. The summed E-state index contributed by atoms with van der Waals surface area (Å²) in [6.45, 7) is 0.729. The maximum Gasteiger partial charge on any atom is 0.222 e. The van der Waals surface area contributed by atoms with Gasteiger partial charge in [0.1, 0.15) is 0 Å². The van der Waals surface area contributed by atoms with Gasteiger partial charge in [0.2, 0.25) is 5.91 Å². The van der Waals surface area contributed by atoms with Crippen molar-refractivity contribution in [3.63, 3.8) is 0 Å². The molecule has 0 aromatic heterocycles. The molecule has 0 radical (unpaired) electrons. The molecule has 0 N–H and O–H groups in total. The number of sulfone groups is 1. The molecular formula is C20H20N2O3S. The van der Waals surface area contributed by atoms with Crippen molar-refractivity contribution in [2.45, 2.75) is 29.4 Å². The molecule has 3 rings (SSSR count). The van der Waals surface area contributed by atoms with Crippen LogP contribution in [0.3, 0.4) is 0 Å². The van der Waals surface area contributed by atoms with Gasteiger partial charge >= 0.3 is 0 Å². The number of amides is 1. The monoisotopic (exact) mass is 368 g/mol. The van der Waals surface area contributed by atoms with Crippen molar-refractivity contribution in [3.8, 4) is 6.07 Å². The molecule has 5 nitrogen and oxygen atoms in total. The minimum absolute atomic E-state index is 0.0277. The maximum absolute atomic E-state index is 12.7. The normalized spacial score (nSPS) is 17.0. The quantitative estimate of drug-likeness (QED) is 0.812. The van der Waals surface area contributed by atoms with E-state index in [0.717, 1.165) is 5.56 Å². The van der Waals surface area contributed by atoms with Gasteiger partial charge in [-0.05, 0) is 42.7 Å². The summed E-state index contributed by atoms with van der Waals surface area (Å²) in [5.74, 6) is -0.0277. The first kappa shape index (κ1) is 18.2. The highest BCUT2D eigenvalue weighted by atomic mass is 32.2. The smallest absolute Gasteiger partial charge is 0.222 e. The Morgan fingerprint density at radius 2 is 1.81 bits per heavy atom. The van der Waals surface area contributed by atoms with E-state index in [0.29, 0.717) is 36.3 Å². The standard InChI is InChI=1S/C20H20N2O3S/c21-14-17-8-6-16(7-9-17)10-11-20(23)22-13-12-19(15-22)26(24,25)18-4-2-1-3-5-18/h1-9,19H,10-13,15H2. The first-order valence-corrected chi connectivity index (χ1v) is 10.1. The third-order valence-corrected chi connectivity index (χ3v) is 6.91. The Balaban J connectivity index is 1.58. The van der Waals surface area contributed by atoms with Gasteiger partial charge in [0.05, 0.1) is 21.8 Å². The SMILES string of the molecule is N#Cc1ccc(CCC(=O)N2CCC(S(=O)(=O)c3ccccc3)C2)cc1. The van der Waals surface area contributed by atoms with Crippen molar-refractivity contribution < 1.29 is 13.2 Å². The molecule has 1 aliphatic rings. The second-order valence-electron chi connectivity index (χ2n) is 6.42. The van der Waals surface area contributed by atoms with Crippen LogP contribution in [0.15, 0.2) is 59.5 Å². The van der Waals surface area contributed by atoms with Crippen LogP contribution >= 0.6 is 0 Å². The number of rotatable bonds is 5. The van der Waals surface area contributed by atoms with E-state index < -0.39 is 15.1 Å². The Morgan fingerprint density at radius 3 is 2.46 bits per heavy atom. The minimum atomic E-state index is -3.40. The van der Waals surface area contributed by atoms with Crippen molar-refractivity contribution in [2.24, 2.45) is 0 Å².